The number of carbonyl (C=O) groups is 1. The number of carbonyl (C=O) groups excluding carboxylic acids is 1. The molecule has 0 aromatic heterocycles. The normalized spacial score (nSPS) is 16.0. The number of anilines is 3. The number of aliphatic hydroxyl groups excluding tert-OH is 1. The highest BCUT2D eigenvalue weighted by atomic mass is 16.3. The van der Waals surface area contributed by atoms with Gasteiger partial charge in [0.25, 0.3) is 5.91 Å². The molecule has 1 heterocycles. The molecule has 0 aliphatic carbocycles. The van der Waals surface area contributed by atoms with E-state index in [1.54, 1.807) is 12.1 Å². The van der Waals surface area contributed by atoms with Crippen LogP contribution in [0.4, 0.5) is 17.1 Å². The predicted octanol–water partition coefficient (Wildman–Crippen LogP) is 4.11. The van der Waals surface area contributed by atoms with Crippen molar-refractivity contribution in [2.45, 2.75) is 6.23 Å². The molecule has 0 bridgehead atoms. The molecule has 0 fully saturated rings. The number of benzene rings is 3. The van der Waals surface area contributed by atoms with Crippen molar-refractivity contribution in [3.63, 3.8) is 0 Å². The summed E-state index contributed by atoms with van der Waals surface area (Å²) in [7, 11) is 1.98. The van der Waals surface area contributed by atoms with Gasteiger partial charge in [0.05, 0.1) is 0 Å². The van der Waals surface area contributed by atoms with Crippen molar-refractivity contribution in [3.05, 3.63) is 90.0 Å². The molecule has 1 aliphatic rings. The van der Waals surface area contributed by atoms with Crippen molar-refractivity contribution in [2.75, 3.05) is 16.8 Å². The van der Waals surface area contributed by atoms with Gasteiger partial charge in [-0.3, -0.25) is 9.69 Å². The Kier molecular flexibility index (Phi) is 3.75. The highest BCUT2D eigenvalue weighted by Crippen LogP contribution is 2.37. The molecule has 1 N–H and O–H groups in total. The summed E-state index contributed by atoms with van der Waals surface area (Å²) in [5.74, 6) is -0.178. The van der Waals surface area contributed by atoms with E-state index < -0.39 is 6.23 Å². The summed E-state index contributed by atoms with van der Waals surface area (Å²) in [4.78, 5) is 16.2. The lowest BCUT2D eigenvalue weighted by molar-refractivity contribution is 0.0935. The largest absolute Gasteiger partial charge is 0.369 e. The summed E-state index contributed by atoms with van der Waals surface area (Å²) in [5, 5.41) is 10.6. The second-order valence-electron chi connectivity index (χ2n) is 6.05. The van der Waals surface area contributed by atoms with Crippen molar-refractivity contribution in [2.24, 2.45) is 0 Å². The van der Waals surface area contributed by atoms with Gasteiger partial charge in [0.1, 0.15) is 0 Å². The molecule has 1 amide bonds. The summed E-state index contributed by atoms with van der Waals surface area (Å²) in [5.41, 5.74) is 3.87. The highest BCUT2D eigenvalue weighted by Gasteiger charge is 2.36. The number of rotatable bonds is 3. The SMILES string of the molecule is CN(c1ccccc1)c1cccc(N2C(=O)c3ccccc3C2O)c1. The number of amides is 1. The second kappa shape index (κ2) is 6.07. The van der Waals surface area contributed by atoms with Crippen molar-refractivity contribution >= 4 is 23.0 Å². The number of aliphatic hydroxyl groups is 1. The van der Waals surface area contributed by atoms with Gasteiger partial charge in [-0.2, -0.15) is 0 Å². The molecule has 0 saturated carbocycles. The van der Waals surface area contributed by atoms with Crippen molar-refractivity contribution < 1.29 is 9.90 Å². The number of nitrogens with zero attached hydrogens (tertiary/aromatic N) is 2. The summed E-state index contributed by atoms with van der Waals surface area (Å²) in [6.45, 7) is 0. The summed E-state index contributed by atoms with van der Waals surface area (Å²) < 4.78 is 0. The number of hydrogen-bond acceptors (Lipinski definition) is 3. The highest BCUT2D eigenvalue weighted by molar-refractivity contribution is 6.10. The van der Waals surface area contributed by atoms with Crippen LogP contribution in [0, 0.1) is 0 Å². The van der Waals surface area contributed by atoms with Crippen LogP contribution < -0.4 is 9.80 Å². The van der Waals surface area contributed by atoms with Gasteiger partial charge in [0, 0.05) is 35.2 Å². The van der Waals surface area contributed by atoms with Crippen LogP contribution in [0.25, 0.3) is 0 Å². The molecule has 0 radical (unpaired) electrons. The Balaban J connectivity index is 1.70. The quantitative estimate of drug-likeness (QED) is 0.786. The van der Waals surface area contributed by atoms with Crippen LogP contribution in [-0.2, 0) is 0 Å². The Morgan fingerprint density at radius 1 is 0.880 bits per heavy atom. The lowest BCUT2D eigenvalue weighted by atomic mass is 10.1. The maximum Gasteiger partial charge on any atom is 0.261 e. The molecule has 1 aliphatic heterocycles. The van der Waals surface area contributed by atoms with Crippen molar-refractivity contribution in [1.29, 1.82) is 0 Å². The van der Waals surface area contributed by atoms with Gasteiger partial charge in [-0.1, -0.05) is 42.5 Å². The molecule has 1 atom stereocenters. The van der Waals surface area contributed by atoms with E-state index in [-0.39, 0.29) is 5.91 Å². The van der Waals surface area contributed by atoms with Crippen LogP contribution in [0.2, 0.25) is 0 Å². The minimum absolute atomic E-state index is 0.178. The molecular weight excluding hydrogens is 312 g/mol. The van der Waals surface area contributed by atoms with Gasteiger partial charge >= 0.3 is 0 Å². The minimum Gasteiger partial charge on any atom is -0.369 e. The Morgan fingerprint density at radius 2 is 1.56 bits per heavy atom. The van der Waals surface area contributed by atoms with E-state index in [0.717, 1.165) is 11.4 Å². The number of para-hydroxylation sites is 1. The summed E-state index contributed by atoms with van der Waals surface area (Å²) >= 11 is 0. The Hall–Kier alpha value is -3.11. The third kappa shape index (κ3) is 2.57. The van der Waals surface area contributed by atoms with E-state index in [4.69, 9.17) is 0 Å². The molecule has 124 valence electrons. The van der Waals surface area contributed by atoms with Crippen LogP contribution in [0.15, 0.2) is 78.9 Å². The first-order chi connectivity index (χ1) is 12.2. The smallest absolute Gasteiger partial charge is 0.261 e. The molecule has 0 saturated heterocycles. The maximum atomic E-state index is 12.7. The first-order valence-corrected chi connectivity index (χ1v) is 8.16. The van der Waals surface area contributed by atoms with Gasteiger partial charge in [-0.15, -0.1) is 0 Å². The average Bonchev–Trinajstić information content (AvgIpc) is 2.93. The monoisotopic (exact) mass is 330 g/mol. The first-order valence-electron chi connectivity index (χ1n) is 8.16. The zero-order chi connectivity index (χ0) is 17.4. The molecule has 4 nitrogen and oxygen atoms in total. The number of fused-ring (bicyclic) bond motifs is 1. The third-order valence-electron chi connectivity index (χ3n) is 4.57. The third-order valence-corrected chi connectivity index (χ3v) is 4.57. The zero-order valence-corrected chi connectivity index (χ0v) is 13.8. The average molecular weight is 330 g/mol. The fourth-order valence-electron chi connectivity index (χ4n) is 3.21. The van der Waals surface area contributed by atoms with E-state index in [2.05, 4.69) is 0 Å². The van der Waals surface area contributed by atoms with Gasteiger partial charge in [0.2, 0.25) is 0 Å². The maximum absolute atomic E-state index is 12.7. The van der Waals surface area contributed by atoms with Crippen molar-refractivity contribution in [3.8, 4) is 0 Å². The fourth-order valence-corrected chi connectivity index (χ4v) is 3.21. The van der Waals surface area contributed by atoms with Crippen molar-refractivity contribution in [1.82, 2.24) is 0 Å². The lowest BCUT2D eigenvalue weighted by Crippen LogP contribution is -2.27. The van der Waals surface area contributed by atoms with Crippen LogP contribution >= 0.6 is 0 Å². The molecule has 0 spiro atoms. The van der Waals surface area contributed by atoms with E-state index in [9.17, 15) is 9.90 Å². The van der Waals surface area contributed by atoms with Gasteiger partial charge in [-0.25, -0.2) is 0 Å². The standard InChI is InChI=1S/C21H18N2O2/c1-22(15-8-3-2-4-9-15)16-10-7-11-17(14-16)23-20(24)18-12-5-6-13-19(18)21(23)25/h2-14,20,24H,1H3. The number of hydrogen-bond donors (Lipinski definition) is 1. The predicted molar refractivity (Wildman–Crippen MR) is 99.2 cm³/mol. The first kappa shape index (κ1) is 15.4. The topological polar surface area (TPSA) is 43.8 Å². The summed E-state index contributed by atoms with van der Waals surface area (Å²) in [6, 6.07) is 24.8. The van der Waals surface area contributed by atoms with Gasteiger partial charge in [0.15, 0.2) is 6.23 Å². The fraction of sp³-hybridized carbons (Fsp3) is 0.0952. The zero-order valence-electron chi connectivity index (χ0n) is 13.8. The molecule has 3 aromatic rings. The van der Waals surface area contributed by atoms with Crippen LogP contribution in [0.3, 0.4) is 0 Å². The lowest BCUT2D eigenvalue weighted by Gasteiger charge is -2.24. The van der Waals surface area contributed by atoms with E-state index >= 15 is 0 Å². The molecule has 4 heteroatoms. The minimum atomic E-state index is -0.957. The molecule has 4 rings (SSSR count). The molecule has 25 heavy (non-hydrogen) atoms. The second-order valence-corrected chi connectivity index (χ2v) is 6.05. The molecule has 3 aromatic carbocycles. The van der Waals surface area contributed by atoms with E-state index in [1.165, 1.54) is 4.90 Å². The molecular formula is C21H18N2O2. The van der Waals surface area contributed by atoms with E-state index in [0.29, 0.717) is 16.8 Å². The van der Waals surface area contributed by atoms with Gasteiger partial charge in [-0.05, 0) is 36.4 Å². The van der Waals surface area contributed by atoms with Crippen LogP contribution in [-0.4, -0.2) is 18.1 Å². The Morgan fingerprint density at radius 3 is 2.32 bits per heavy atom. The van der Waals surface area contributed by atoms with Gasteiger partial charge < -0.3 is 10.0 Å². The Labute approximate surface area is 146 Å². The van der Waals surface area contributed by atoms with Crippen LogP contribution in [0.5, 0.6) is 0 Å². The van der Waals surface area contributed by atoms with E-state index in [1.807, 2.05) is 78.7 Å². The summed E-state index contributed by atoms with van der Waals surface area (Å²) in [6.07, 6.45) is -0.957. The van der Waals surface area contributed by atoms with Crippen LogP contribution in [0.1, 0.15) is 22.1 Å². The molecule has 1 unspecified atom stereocenters. The Bertz CT molecular complexity index is 924.